The molecule has 5 nitrogen and oxygen atoms in total. The molecule has 0 aromatic carbocycles. The van der Waals surface area contributed by atoms with E-state index in [-0.39, 0.29) is 12.0 Å². The first-order valence-electron chi connectivity index (χ1n) is 8.38. The average Bonchev–Trinajstić information content (AvgIpc) is 2.96. The number of nitrogens with one attached hydrogen (secondary N) is 1. The number of ether oxygens (including phenoxy) is 1. The standard InChI is InChI=1S/C17H25N3O2/c21-17(19-14-4-2-1-3-5-14)13-20-11-8-16(12-20)22-15-6-9-18-10-7-15/h6-7,9-10,14,16H,1-5,8,11-13H2,(H,19,21)/t16-/m0/s1. The van der Waals surface area contributed by atoms with Gasteiger partial charge in [-0.2, -0.15) is 0 Å². The van der Waals surface area contributed by atoms with Gasteiger partial charge < -0.3 is 10.1 Å². The summed E-state index contributed by atoms with van der Waals surface area (Å²) in [5, 5.41) is 3.18. The molecular weight excluding hydrogens is 278 g/mol. The Bertz CT molecular complexity index is 474. The molecule has 1 aromatic heterocycles. The second-order valence-electron chi connectivity index (χ2n) is 6.35. The topological polar surface area (TPSA) is 54.5 Å². The molecule has 1 saturated heterocycles. The minimum Gasteiger partial charge on any atom is -0.489 e. The van der Waals surface area contributed by atoms with E-state index in [4.69, 9.17) is 4.74 Å². The van der Waals surface area contributed by atoms with E-state index in [1.165, 1.54) is 19.3 Å². The molecular formula is C17H25N3O2. The third kappa shape index (κ3) is 4.44. The molecule has 2 heterocycles. The first-order valence-corrected chi connectivity index (χ1v) is 8.38. The van der Waals surface area contributed by atoms with E-state index in [1.54, 1.807) is 12.4 Å². The van der Waals surface area contributed by atoms with Gasteiger partial charge in [0.05, 0.1) is 6.54 Å². The fourth-order valence-electron chi connectivity index (χ4n) is 3.37. The SMILES string of the molecule is O=C(CN1CC[C@H](Oc2ccncc2)C1)NC1CCCCC1. The van der Waals surface area contributed by atoms with Crippen molar-refractivity contribution in [3.8, 4) is 5.75 Å². The largest absolute Gasteiger partial charge is 0.489 e. The van der Waals surface area contributed by atoms with Crippen molar-refractivity contribution >= 4 is 5.91 Å². The van der Waals surface area contributed by atoms with Crippen molar-refractivity contribution in [2.24, 2.45) is 0 Å². The van der Waals surface area contributed by atoms with Gasteiger partial charge in [0.25, 0.3) is 0 Å². The van der Waals surface area contributed by atoms with Crippen molar-refractivity contribution in [1.29, 1.82) is 0 Å². The van der Waals surface area contributed by atoms with Crippen LogP contribution in [-0.4, -0.2) is 47.6 Å². The highest BCUT2D eigenvalue weighted by Gasteiger charge is 2.26. The van der Waals surface area contributed by atoms with E-state index in [9.17, 15) is 4.79 Å². The molecule has 5 heteroatoms. The Kier molecular flexibility index (Phi) is 5.27. The number of nitrogens with zero attached hydrogens (tertiary/aromatic N) is 2. The van der Waals surface area contributed by atoms with Crippen LogP contribution in [0, 0.1) is 0 Å². The zero-order valence-electron chi connectivity index (χ0n) is 13.0. The molecule has 0 unspecified atom stereocenters. The van der Waals surface area contributed by atoms with Gasteiger partial charge in [0.2, 0.25) is 5.91 Å². The van der Waals surface area contributed by atoms with Crippen LogP contribution in [0.2, 0.25) is 0 Å². The second kappa shape index (κ2) is 7.58. The number of rotatable bonds is 5. The Morgan fingerprint density at radius 3 is 2.77 bits per heavy atom. The number of hydrogen-bond acceptors (Lipinski definition) is 4. The molecule has 0 bridgehead atoms. The number of likely N-dealkylation sites (tertiary alicyclic amines) is 1. The van der Waals surface area contributed by atoms with E-state index in [0.717, 1.165) is 38.1 Å². The van der Waals surface area contributed by atoms with Crippen LogP contribution in [0.1, 0.15) is 38.5 Å². The maximum absolute atomic E-state index is 12.1. The van der Waals surface area contributed by atoms with Crippen molar-refractivity contribution in [3.63, 3.8) is 0 Å². The molecule has 1 N–H and O–H groups in total. The average molecular weight is 303 g/mol. The minimum absolute atomic E-state index is 0.163. The number of carbonyl (C=O) groups is 1. The van der Waals surface area contributed by atoms with Crippen molar-refractivity contribution in [1.82, 2.24) is 15.2 Å². The molecule has 1 aliphatic carbocycles. The van der Waals surface area contributed by atoms with Crippen LogP contribution in [0.3, 0.4) is 0 Å². The summed E-state index contributed by atoms with van der Waals surface area (Å²) in [4.78, 5) is 18.3. The van der Waals surface area contributed by atoms with Crippen LogP contribution in [-0.2, 0) is 4.79 Å². The zero-order chi connectivity index (χ0) is 15.2. The molecule has 2 aliphatic rings. The predicted octanol–water partition coefficient (Wildman–Crippen LogP) is 1.98. The van der Waals surface area contributed by atoms with Gasteiger partial charge in [0.1, 0.15) is 11.9 Å². The summed E-state index contributed by atoms with van der Waals surface area (Å²) < 4.78 is 5.92. The fraction of sp³-hybridized carbons (Fsp3) is 0.647. The molecule has 1 aliphatic heterocycles. The highest BCUT2D eigenvalue weighted by Crippen LogP contribution is 2.19. The van der Waals surface area contributed by atoms with Crippen molar-refractivity contribution in [3.05, 3.63) is 24.5 Å². The number of carbonyl (C=O) groups excluding carboxylic acids is 1. The third-order valence-corrected chi connectivity index (χ3v) is 4.52. The molecule has 120 valence electrons. The maximum atomic E-state index is 12.1. The fourth-order valence-corrected chi connectivity index (χ4v) is 3.37. The normalized spacial score (nSPS) is 23.4. The van der Waals surface area contributed by atoms with Crippen molar-refractivity contribution < 1.29 is 9.53 Å². The third-order valence-electron chi connectivity index (χ3n) is 4.52. The monoisotopic (exact) mass is 303 g/mol. The second-order valence-corrected chi connectivity index (χ2v) is 6.35. The van der Waals surface area contributed by atoms with E-state index in [1.807, 2.05) is 12.1 Å². The van der Waals surface area contributed by atoms with E-state index >= 15 is 0 Å². The van der Waals surface area contributed by atoms with E-state index < -0.39 is 0 Å². The molecule has 3 rings (SSSR count). The van der Waals surface area contributed by atoms with Crippen molar-refractivity contribution in [2.45, 2.75) is 50.7 Å². The number of amides is 1. The van der Waals surface area contributed by atoms with Gasteiger partial charge >= 0.3 is 0 Å². The van der Waals surface area contributed by atoms with E-state index in [0.29, 0.717) is 12.6 Å². The highest BCUT2D eigenvalue weighted by atomic mass is 16.5. The quantitative estimate of drug-likeness (QED) is 0.904. The van der Waals surface area contributed by atoms with Gasteiger partial charge in [-0.05, 0) is 31.4 Å². The van der Waals surface area contributed by atoms with Gasteiger partial charge in [0.15, 0.2) is 0 Å². The van der Waals surface area contributed by atoms with Gasteiger partial charge in [0, 0.05) is 31.5 Å². The Hall–Kier alpha value is -1.62. The molecule has 1 saturated carbocycles. The van der Waals surface area contributed by atoms with Crippen LogP contribution >= 0.6 is 0 Å². The Morgan fingerprint density at radius 2 is 2.00 bits per heavy atom. The lowest BCUT2D eigenvalue weighted by molar-refractivity contribution is -0.123. The summed E-state index contributed by atoms with van der Waals surface area (Å²) in [6.45, 7) is 2.24. The lowest BCUT2D eigenvalue weighted by atomic mass is 9.95. The molecule has 22 heavy (non-hydrogen) atoms. The first-order chi connectivity index (χ1) is 10.8. The number of hydrogen-bond donors (Lipinski definition) is 1. The van der Waals surface area contributed by atoms with Crippen LogP contribution in [0.4, 0.5) is 0 Å². The Labute approximate surface area is 132 Å². The predicted molar refractivity (Wildman–Crippen MR) is 84.7 cm³/mol. The summed E-state index contributed by atoms with van der Waals surface area (Å²) >= 11 is 0. The van der Waals surface area contributed by atoms with Crippen LogP contribution in [0.15, 0.2) is 24.5 Å². The molecule has 0 spiro atoms. The maximum Gasteiger partial charge on any atom is 0.234 e. The lowest BCUT2D eigenvalue weighted by Gasteiger charge is -2.24. The summed E-state index contributed by atoms with van der Waals surface area (Å²) in [5.41, 5.74) is 0. The Morgan fingerprint density at radius 1 is 1.23 bits per heavy atom. The summed E-state index contributed by atoms with van der Waals surface area (Å²) in [6, 6.07) is 4.14. The Balaban J connectivity index is 1.39. The summed E-state index contributed by atoms with van der Waals surface area (Å²) in [7, 11) is 0. The van der Waals surface area contributed by atoms with Crippen molar-refractivity contribution in [2.75, 3.05) is 19.6 Å². The summed E-state index contributed by atoms with van der Waals surface area (Å²) in [5.74, 6) is 1.02. The van der Waals surface area contributed by atoms with Gasteiger partial charge in [-0.3, -0.25) is 14.7 Å². The first kappa shape index (κ1) is 15.3. The summed E-state index contributed by atoms with van der Waals surface area (Å²) in [6.07, 6.45) is 10.7. The molecule has 0 radical (unpaired) electrons. The highest BCUT2D eigenvalue weighted by molar-refractivity contribution is 5.78. The van der Waals surface area contributed by atoms with Gasteiger partial charge in [-0.25, -0.2) is 0 Å². The zero-order valence-corrected chi connectivity index (χ0v) is 13.0. The van der Waals surface area contributed by atoms with Crippen LogP contribution in [0.25, 0.3) is 0 Å². The van der Waals surface area contributed by atoms with Crippen LogP contribution in [0.5, 0.6) is 5.75 Å². The number of aromatic nitrogens is 1. The molecule has 1 atom stereocenters. The lowest BCUT2D eigenvalue weighted by Crippen LogP contribution is -2.42. The van der Waals surface area contributed by atoms with E-state index in [2.05, 4.69) is 15.2 Å². The smallest absolute Gasteiger partial charge is 0.234 e. The van der Waals surface area contributed by atoms with Gasteiger partial charge in [-0.1, -0.05) is 19.3 Å². The molecule has 1 aromatic rings. The van der Waals surface area contributed by atoms with Crippen LogP contribution < -0.4 is 10.1 Å². The minimum atomic E-state index is 0.163. The number of pyridine rings is 1. The molecule has 1 amide bonds. The molecule has 2 fully saturated rings. The van der Waals surface area contributed by atoms with Gasteiger partial charge in [-0.15, -0.1) is 0 Å².